The smallest absolute Gasteiger partial charge is 0.414 e. The molecule has 2 aromatic rings. The molecule has 1 amide bonds. The van der Waals surface area contributed by atoms with E-state index in [0.717, 1.165) is 0 Å². The molecule has 2 heterocycles. The van der Waals surface area contributed by atoms with Crippen molar-refractivity contribution in [2.24, 2.45) is 0 Å². The van der Waals surface area contributed by atoms with Gasteiger partial charge in [-0.05, 0) is 30.3 Å². The third kappa shape index (κ3) is 3.53. The van der Waals surface area contributed by atoms with Gasteiger partial charge in [0.1, 0.15) is 11.9 Å². The Morgan fingerprint density at radius 2 is 1.96 bits per heavy atom. The molecule has 2 aromatic carbocycles. The highest BCUT2D eigenvalue weighted by molar-refractivity contribution is 7.89. The molecule has 0 spiro atoms. The second-order valence-corrected chi connectivity index (χ2v) is 7.73. The van der Waals surface area contributed by atoms with Crippen molar-refractivity contribution in [3.63, 3.8) is 0 Å². The van der Waals surface area contributed by atoms with Crippen molar-refractivity contribution in [3.05, 3.63) is 48.3 Å². The van der Waals surface area contributed by atoms with Gasteiger partial charge in [0.15, 0.2) is 11.5 Å². The van der Waals surface area contributed by atoms with Gasteiger partial charge in [-0.3, -0.25) is 4.90 Å². The predicted molar refractivity (Wildman–Crippen MR) is 91.8 cm³/mol. The Labute approximate surface area is 154 Å². The third-order valence-electron chi connectivity index (χ3n) is 4.15. The summed E-state index contributed by atoms with van der Waals surface area (Å²) in [5, 5.41) is 0. The number of carbonyl (C=O) groups excluding carboxylic acids is 1. The minimum absolute atomic E-state index is 0.0121. The fourth-order valence-corrected chi connectivity index (χ4v) is 3.89. The molecular formula is C17H15FN2O6S. The van der Waals surface area contributed by atoms with E-state index in [9.17, 15) is 17.6 Å². The Hall–Kier alpha value is -2.85. The Bertz CT molecular complexity index is 997. The topological polar surface area (TPSA) is 94.2 Å². The van der Waals surface area contributed by atoms with E-state index in [0.29, 0.717) is 17.2 Å². The van der Waals surface area contributed by atoms with E-state index >= 15 is 0 Å². The number of fused-ring (bicyclic) bond motifs is 1. The summed E-state index contributed by atoms with van der Waals surface area (Å²) >= 11 is 0. The van der Waals surface area contributed by atoms with Crippen molar-refractivity contribution in [2.75, 3.05) is 24.8 Å². The summed E-state index contributed by atoms with van der Waals surface area (Å²) in [4.78, 5) is 13.3. The van der Waals surface area contributed by atoms with Crippen molar-refractivity contribution in [1.29, 1.82) is 0 Å². The summed E-state index contributed by atoms with van der Waals surface area (Å²) in [5.41, 5.74) is 0.348. The maximum atomic E-state index is 13.3. The number of hydrogen-bond acceptors (Lipinski definition) is 6. The molecule has 1 atom stereocenters. The van der Waals surface area contributed by atoms with Crippen LogP contribution >= 0.6 is 0 Å². The van der Waals surface area contributed by atoms with Crippen LogP contribution in [0.3, 0.4) is 0 Å². The molecule has 0 bridgehead atoms. The maximum Gasteiger partial charge on any atom is 0.414 e. The minimum Gasteiger partial charge on any atom is -0.454 e. The van der Waals surface area contributed by atoms with Crippen LogP contribution in [0.5, 0.6) is 11.5 Å². The number of nitrogens with zero attached hydrogens (tertiary/aromatic N) is 1. The molecule has 1 fully saturated rings. The van der Waals surface area contributed by atoms with E-state index in [-0.39, 0.29) is 24.8 Å². The zero-order valence-electron chi connectivity index (χ0n) is 13.9. The van der Waals surface area contributed by atoms with Crippen LogP contribution in [-0.4, -0.2) is 40.5 Å². The van der Waals surface area contributed by atoms with Crippen molar-refractivity contribution in [1.82, 2.24) is 4.72 Å². The molecule has 2 aliphatic heterocycles. The Morgan fingerprint density at radius 3 is 2.78 bits per heavy atom. The van der Waals surface area contributed by atoms with E-state index < -0.39 is 28.0 Å². The van der Waals surface area contributed by atoms with Crippen LogP contribution in [0.15, 0.2) is 47.4 Å². The number of carbonyl (C=O) groups is 1. The van der Waals surface area contributed by atoms with Crippen LogP contribution < -0.4 is 19.1 Å². The number of anilines is 1. The Morgan fingerprint density at radius 1 is 1.15 bits per heavy atom. The molecule has 27 heavy (non-hydrogen) atoms. The van der Waals surface area contributed by atoms with Crippen LogP contribution in [-0.2, 0) is 14.8 Å². The maximum absolute atomic E-state index is 13.3. The van der Waals surface area contributed by atoms with Crippen LogP contribution in [0.2, 0.25) is 0 Å². The van der Waals surface area contributed by atoms with Gasteiger partial charge in [-0.1, -0.05) is 6.07 Å². The molecule has 8 nitrogen and oxygen atoms in total. The first-order chi connectivity index (χ1) is 12.9. The lowest BCUT2D eigenvalue weighted by molar-refractivity contribution is 0.143. The summed E-state index contributed by atoms with van der Waals surface area (Å²) < 4.78 is 56.2. The lowest BCUT2D eigenvalue weighted by Crippen LogP contribution is -2.34. The van der Waals surface area contributed by atoms with Gasteiger partial charge in [-0.15, -0.1) is 0 Å². The van der Waals surface area contributed by atoms with Gasteiger partial charge in [0.25, 0.3) is 0 Å². The second-order valence-electron chi connectivity index (χ2n) is 5.96. The third-order valence-corrected chi connectivity index (χ3v) is 5.57. The number of hydrogen-bond donors (Lipinski definition) is 1. The number of ether oxygens (including phenoxy) is 3. The van der Waals surface area contributed by atoms with Crippen LogP contribution in [0.1, 0.15) is 0 Å². The summed E-state index contributed by atoms with van der Waals surface area (Å²) in [6, 6.07) is 9.80. The lowest BCUT2D eigenvalue weighted by atomic mass is 10.2. The molecule has 1 N–H and O–H groups in total. The van der Waals surface area contributed by atoms with E-state index in [1.54, 1.807) is 6.07 Å². The zero-order chi connectivity index (χ0) is 19.0. The first-order valence-corrected chi connectivity index (χ1v) is 9.54. The number of rotatable bonds is 5. The fourth-order valence-electron chi connectivity index (χ4n) is 2.81. The first-order valence-electron chi connectivity index (χ1n) is 8.05. The predicted octanol–water partition coefficient (Wildman–Crippen LogP) is 1.86. The van der Waals surface area contributed by atoms with Crippen molar-refractivity contribution in [3.8, 4) is 11.5 Å². The molecule has 1 saturated heterocycles. The summed E-state index contributed by atoms with van der Waals surface area (Å²) in [5.74, 6) is 0.346. The van der Waals surface area contributed by atoms with Gasteiger partial charge in [0.05, 0.1) is 17.1 Å². The summed E-state index contributed by atoms with van der Waals surface area (Å²) in [6.07, 6.45) is -1.36. The molecule has 10 heteroatoms. The van der Waals surface area contributed by atoms with Crippen LogP contribution in [0.25, 0.3) is 0 Å². The van der Waals surface area contributed by atoms with Crippen molar-refractivity contribution in [2.45, 2.75) is 11.0 Å². The quantitative estimate of drug-likeness (QED) is 0.832. The molecule has 0 radical (unpaired) electrons. The highest BCUT2D eigenvalue weighted by atomic mass is 32.2. The molecule has 142 valence electrons. The van der Waals surface area contributed by atoms with Gasteiger partial charge in [0.2, 0.25) is 16.8 Å². The van der Waals surface area contributed by atoms with E-state index in [1.807, 2.05) is 0 Å². The Kier molecular flexibility index (Phi) is 4.36. The average molecular weight is 394 g/mol. The van der Waals surface area contributed by atoms with Gasteiger partial charge < -0.3 is 14.2 Å². The largest absolute Gasteiger partial charge is 0.454 e. The average Bonchev–Trinajstić information content (AvgIpc) is 3.25. The number of sulfonamides is 1. The molecule has 2 aliphatic rings. The number of cyclic esters (lactones) is 1. The SMILES string of the molecule is O=C1OC(CNS(=O)(=O)c2ccc3c(c2)OCO3)CN1c1cccc(F)c1. The molecular weight excluding hydrogens is 379 g/mol. The normalized spacial score (nSPS) is 18.6. The molecule has 1 unspecified atom stereocenters. The molecule has 0 aliphatic carbocycles. The lowest BCUT2D eigenvalue weighted by Gasteiger charge is -2.13. The monoisotopic (exact) mass is 394 g/mol. The number of halogens is 1. The van der Waals surface area contributed by atoms with Gasteiger partial charge in [-0.2, -0.15) is 0 Å². The number of amides is 1. The van der Waals surface area contributed by atoms with Gasteiger partial charge >= 0.3 is 6.09 Å². The standard InChI is InChI=1S/C17H15FN2O6S/c18-11-2-1-3-12(6-11)20-9-13(26-17(20)21)8-19-27(22,23)14-4-5-15-16(7-14)25-10-24-15/h1-7,13,19H,8-10H2. The number of nitrogens with one attached hydrogen (secondary N) is 1. The minimum atomic E-state index is -3.83. The van der Waals surface area contributed by atoms with Crippen LogP contribution in [0.4, 0.5) is 14.9 Å². The highest BCUT2D eigenvalue weighted by Gasteiger charge is 2.33. The summed E-state index contributed by atoms with van der Waals surface area (Å²) in [7, 11) is -3.83. The fraction of sp³-hybridized carbons (Fsp3) is 0.235. The van der Waals surface area contributed by atoms with E-state index in [4.69, 9.17) is 14.2 Å². The van der Waals surface area contributed by atoms with E-state index in [2.05, 4.69) is 4.72 Å². The van der Waals surface area contributed by atoms with Gasteiger partial charge in [0, 0.05) is 12.6 Å². The van der Waals surface area contributed by atoms with Crippen molar-refractivity contribution >= 4 is 21.8 Å². The zero-order valence-corrected chi connectivity index (χ0v) is 14.7. The van der Waals surface area contributed by atoms with Crippen LogP contribution in [0, 0.1) is 5.82 Å². The second kappa shape index (κ2) is 6.71. The highest BCUT2D eigenvalue weighted by Crippen LogP contribution is 2.33. The first kappa shape index (κ1) is 17.6. The Balaban J connectivity index is 1.42. The summed E-state index contributed by atoms with van der Waals surface area (Å²) in [6.45, 7) is 0.0283. The molecule has 0 aromatic heterocycles. The number of benzene rings is 2. The van der Waals surface area contributed by atoms with Gasteiger partial charge in [-0.25, -0.2) is 22.3 Å². The van der Waals surface area contributed by atoms with E-state index in [1.165, 1.54) is 41.3 Å². The molecule has 0 saturated carbocycles. The molecule has 4 rings (SSSR count). The van der Waals surface area contributed by atoms with Crippen molar-refractivity contribution < 1.29 is 31.8 Å².